The first-order valence-corrected chi connectivity index (χ1v) is 10.6. The van der Waals surface area contributed by atoms with E-state index in [1.807, 2.05) is 0 Å². The number of ketones is 1. The van der Waals surface area contributed by atoms with Crippen LogP contribution in [-0.4, -0.2) is 49.8 Å². The molecule has 8 heteroatoms. The Hall–Kier alpha value is -3.00. The number of benzene rings is 2. The number of amides is 2. The summed E-state index contributed by atoms with van der Waals surface area (Å²) < 4.78 is 25.4. The summed E-state index contributed by atoms with van der Waals surface area (Å²) in [6.45, 7) is 1.46. The van der Waals surface area contributed by atoms with Crippen LogP contribution in [0.4, 0.5) is 5.69 Å². The molecule has 2 aliphatic heterocycles. The normalized spacial score (nSPS) is 18.4. The van der Waals surface area contributed by atoms with E-state index in [1.165, 1.54) is 10.4 Å². The Kier molecular flexibility index (Phi) is 4.11. The molecule has 2 aromatic rings. The average molecular weight is 398 g/mol. The van der Waals surface area contributed by atoms with Crippen LogP contribution in [0.5, 0.6) is 0 Å². The van der Waals surface area contributed by atoms with Crippen LogP contribution < -0.4 is 4.31 Å². The number of carbonyl (C=O) groups is 3. The monoisotopic (exact) mass is 398 g/mol. The molecule has 0 saturated carbocycles. The smallest absolute Gasteiger partial charge is 0.261 e. The summed E-state index contributed by atoms with van der Waals surface area (Å²) in [4.78, 5) is 38.5. The van der Waals surface area contributed by atoms with Crippen molar-refractivity contribution in [2.24, 2.45) is 0 Å². The van der Waals surface area contributed by atoms with Crippen LogP contribution in [0.25, 0.3) is 0 Å². The maximum Gasteiger partial charge on any atom is 0.261 e. The van der Waals surface area contributed by atoms with Crippen molar-refractivity contribution in [3.63, 3.8) is 0 Å². The second-order valence-electron chi connectivity index (χ2n) is 7.12. The van der Waals surface area contributed by atoms with Gasteiger partial charge in [-0.3, -0.25) is 23.6 Å². The Balaban J connectivity index is 1.59. The minimum absolute atomic E-state index is 0.230. The van der Waals surface area contributed by atoms with Crippen molar-refractivity contribution in [2.75, 3.05) is 17.1 Å². The van der Waals surface area contributed by atoms with Crippen LogP contribution >= 0.6 is 0 Å². The van der Waals surface area contributed by atoms with Crippen LogP contribution in [0, 0.1) is 0 Å². The van der Waals surface area contributed by atoms with Gasteiger partial charge in [0.05, 0.1) is 29.6 Å². The standard InChI is InChI=1S/C20H18N2O5S/c1-12-9-14-10-13(7-8-17(14)22(12)28(2,26)27)18(23)11-21-19(24)15-5-3-4-6-16(15)20(21)25/h3-8,10,12H,9,11H2,1-2H3/t12-/m1/s1. The van der Waals surface area contributed by atoms with Crippen molar-refractivity contribution >= 4 is 33.3 Å². The number of anilines is 1. The summed E-state index contributed by atoms with van der Waals surface area (Å²) in [5.41, 5.74) is 2.26. The Morgan fingerprint density at radius 3 is 2.25 bits per heavy atom. The van der Waals surface area contributed by atoms with Crippen molar-refractivity contribution in [1.82, 2.24) is 4.90 Å². The van der Waals surface area contributed by atoms with Gasteiger partial charge < -0.3 is 0 Å². The number of hydrogen-bond acceptors (Lipinski definition) is 5. The fourth-order valence-corrected chi connectivity index (χ4v) is 5.16. The third-order valence-corrected chi connectivity index (χ3v) is 6.36. The van der Waals surface area contributed by atoms with Gasteiger partial charge in [-0.2, -0.15) is 0 Å². The van der Waals surface area contributed by atoms with Gasteiger partial charge in [-0.15, -0.1) is 0 Å². The minimum Gasteiger partial charge on any atom is -0.292 e. The van der Waals surface area contributed by atoms with Crippen molar-refractivity contribution in [3.05, 3.63) is 64.7 Å². The third kappa shape index (κ3) is 2.80. The van der Waals surface area contributed by atoms with Crippen LogP contribution in [0.3, 0.4) is 0 Å². The van der Waals surface area contributed by atoms with E-state index in [0.717, 1.165) is 16.7 Å². The zero-order valence-electron chi connectivity index (χ0n) is 15.4. The van der Waals surface area contributed by atoms with Crippen molar-refractivity contribution in [3.8, 4) is 0 Å². The molecular weight excluding hydrogens is 380 g/mol. The van der Waals surface area contributed by atoms with Gasteiger partial charge in [0, 0.05) is 11.6 Å². The first-order chi connectivity index (χ1) is 13.2. The number of imide groups is 1. The maximum absolute atomic E-state index is 12.7. The molecule has 0 fully saturated rings. The van der Waals surface area contributed by atoms with Gasteiger partial charge in [-0.05, 0) is 49.2 Å². The molecule has 2 aliphatic rings. The van der Waals surface area contributed by atoms with Crippen molar-refractivity contribution in [2.45, 2.75) is 19.4 Å². The average Bonchev–Trinajstić information content (AvgIpc) is 3.10. The van der Waals surface area contributed by atoms with E-state index >= 15 is 0 Å². The minimum atomic E-state index is -3.41. The highest BCUT2D eigenvalue weighted by Gasteiger charge is 2.37. The topological polar surface area (TPSA) is 91.8 Å². The van der Waals surface area contributed by atoms with Gasteiger partial charge in [0.1, 0.15) is 0 Å². The molecule has 0 N–H and O–H groups in total. The van der Waals surface area contributed by atoms with E-state index < -0.39 is 21.8 Å². The summed E-state index contributed by atoms with van der Waals surface area (Å²) in [6, 6.07) is 11.0. The predicted octanol–water partition coefficient (Wildman–Crippen LogP) is 1.88. The lowest BCUT2D eigenvalue weighted by Gasteiger charge is -2.22. The van der Waals surface area contributed by atoms with E-state index in [-0.39, 0.29) is 18.4 Å². The SMILES string of the molecule is C[C@@H]1Cc2cc(C(=O)CN3C(=O)c4ccccc4C3=O)ccc2N1S(C)(=O)=O. The zero-order chi connectivity index (χ0) is 20.2. The Labute approximate surface area is 162 Å². The maximum atomic E-state index is 12.7. The van der Waals surface area contributed by atoms with Crippen LogP contribution in [0.15, 0.2) is 42.5 Å². The van der Waals surface area contributed by atoms with E-state index in [1.54, 1.807) is 43.3 Å². The summed E-state index contributed by atoms with van der Waals surface area (Å²) in [6.07, 6.45) is 1.65. The van der Waals surface area contributed by atoms with Crippen molar-refractivity contribution in [1.29, 1.82) is 0 Å². The molecular formula is C20H18N2O5S. The van der Waals surface area contributed by atoms with Gasteiger partial charge in [-0.1, -0.05) is 12.1 Å². The van der Waals surface area contributed by atoms with Gasteiger partial charge >= 0.3 is 0 Å². The quantitative estimate of drug-likeness (QED) is 0.579. The zero-order valence-corrected chi connectivity index (χ0v) is 16.2. The molecule has 0 saturated heterocycles. The number of sulfonamides is 1. The summed E-state index contributed by atoms with van der Waals surface area (Å²) in [7, 11) is -3.41. The lowest BCUT2D eigenvalue weighted by Crippen LogP contribution is -2.35. The van der Waals surface area contributed by atoms with Gasteiger partial charge in [0.25, 0.3) is 11.8 Å². The highest BCUT2D eigenvalue weighted by atomic mass is 32.2. The molecule has 7 nitrogen and oxygen atoms in total. The molecule has 2 heterocycles. The first kappa shape index (κ1) is 18.4. The molecule has 4 rings (SSSR count). The number of fused-ring (bicyclic) bond motifs is 2. The third-order valence-electron chi connectivity index (χ3n) is 5.09. The number of rotatable bonds is 4. The van der Waals surface area contributed by atoms with Crippen LogP contribution in [0.1, 0.15) is 43.6 Å². The molecule has 2 amide bonds. The largest absolute Gasteiger partial charge is 0.292 e. The molecule has 0 spiro atoms. The predicted molar refractivity (Wildman–Crippen MR) is 103 cm³/mol. The molecule has 2 aromatic carbocycles. The lowest BCUT2D eigenvalue weighted by atomic mass is 10.0. The summed E-state index contributed by atoms with van der Waals surface area (Å²) in [5, 5.41) is 0. The molecule has 1 atom stereocenters. The van der Waals surface area contributed by atoms with Crippen LogP contribution in [0.2, 0.25) is 0 Å². The Bertz CT molecular complexity index is 1100. The summed E-state index contributed by atoms with van der Waals surface area (Å²) in [5.74, 6) is -1.33. The molecule has 0 aliphatic carbocycles. The molecule has 0 bridgehead atoms. The fraction of sp³-hybridized carbons (Fsp3) is 0.250. The summed E-state index contributed by atoms with van der Waals surface area (Å²) >= 11 is 0. The molecule has 0 radical (unpaired) electrons. The Morgan fingerprint density at radius 1 is 1.07 bits per heavy atom. The molecule has 28 heavy (non-hydrogen) atoms. The molecule has 144 valence electrons. The molecule has 0 aromatic heterocycles. The molecule has 0 unspecified atom stereocenters. The first-order valence-electron chi connectivity index (χ1n) is 8.79. The number of nitrogens with zero attached hydrogens (tertiary/aromatic N) is 2. The highest BCUT2D eigenvalue weighted by Crippen LogP contribution is 2.35. The number of carbonyl (C=O) groups excluding carboxylic acids is 3. The number of hydrogen-bond donors (Lipinski definition) is 0. The lowest BCUT2D eigenvalue weighted by molar-refractivity contribution is 0.0624. The van der Waals surface area contributed by atoms with Gasteiger partial charge in [-0.25, -0.2) is 8.42 Å². The fourth-order valence-electron chi connectivity index (χ4n) is 3.90. The Morgan fingerprint density at radius 2 is 1.68 bits per heavy atom. The second kappa shape index (κ2) is 6.27. The number of Topliss-reactive ketones (excluding diaryl/α,β-unsaturated/α-hetero) is 1. The van der Waals surface area contributed by atoms with Crippen LogP contribution in [-0.2, 0) is 16.4 Å². The van der Waals surface area contributed by atoms with Crippen molar-refractivity contribution < 1.29 is 22.8 Å². The van der Waals surface area contributed by atoms with Gasteiger partial charge in [0.2, 0.25) is 10.0 Å². The van der Waals surface area contributed by atoms with Gasteiger partial charge in [0.15, 0.2) is 5.78 Å². The second-order valence-corrected chi connectivity index (χ2v) is 8.98. The van der Waals surface area contributed by atoms with E-state index in [4.69, 9.17) is 0 Å². The van der Waals surface area contributed by atoms with E-state index in [0.29, 0.717) is 28.8 Å². The highest BCUT2D eigenvalue weighted by molar-refractivity contribution is 7.92. The van der Waals surface area contributed by atoms with E-state index in [2.05, 4.69) is 0 Å². The van der Waals surface area contributed by atoms with E-state index in [9.17, 15) is 22.8 Å².